The maximum Gasteiger partial charge on any atom is 0.297 e. The van der Waals surface area contributed by atoms with E-state index >= 15 is 0 Å². The number of ether oxygens (including phenoxy) is 1. The van der Waals surface area contributed by atoms with Crippen LogP contribution in [0.2, 0.25) is 0 Å². The van der Waals surface area contributed by atoms with E-state index in [2.05, 4.69) is 21.6 Å². The zero-order valence-corrected chi connectivity index (χ0v) is 3.89. The van der Waals surface area contributed by atoms with Crippen LogP contribution in [0.3, 0.4) is 0 Å². The van der Waals surface area contributed by atoms with Gasteiger partial charge < -0.3 is 9.57 Å². The van der Waals surface area contributed by atoms with Gasteiger partial charge in [-0.3, -0.25) is 0 Å². The van der Waals surface area contributed by atoms with E-state index in [0.717, 1.165) is 0 Å². The first-order valence-electron chi connectivity index (χ1n) is 1.85. The Bertz CT molecular complexity index is 89.7. The van der Waals surface area contributed by atoms with Crippen molar-refractivity contribution in [2.45, 2.75) is 0 Å². The SMILES string of the molecule is COC1=C[C]NO1. The highest BCUT2D eigenvalue weighted by molar-refractivity contribution is 4.97. The minimum absolute atomic E-state index is 0.444. The highest BCUT2D eigenvalue weighted by atomic mass is 16.8. The normalized spacial score (nSPS) is 18.1. The van der Waals surface area contributed by atoms with Crippen LogP contribution in [0.5, 0.6) is 0 Å². The maximum absolute atomic E-state index is 4.62. The molecule has 1 N–H and O–H groups in total. The Balaban J connectivity index is 2.36. The molecule has 0 unspecified atom stereocenters. The Labute approximate surface area is 41.9 Å². The highest BCUT2D eigenvalue weighted by Gasteiger charge is 2.02. The molecule has 1 aliphatic heterocycles. The molecule has 1 aliphatic rings. The summed E-state index contributed by atoms with van der Waals surface area (Å²) in [7, 11) is 1.53. The summed E-state index contributed by atoms with van der Waals surface area (Å²) in [6.07, 6.45) is 1.57. The molecule has 0 atom stereocenters. The van der Waals surface area contributed by atoms with Gasteiger partial charge in [0.1, 0.15) is 6.54 Å². The summed E-state index contributed by atoms with van der Waals surface area (Å²) in [5.74, 6) is 0.444. The predicted octanol–water partition coefficient (Wildman–Crippen LogP) is 0.0478. The first-order valence-corrected chi connectivity index (χ1v) is 1.85. The number of nitrogens with one attached hydrogen (secondary N) is 1. The summed E-state index contributed by atoms with van der Waals surface area (Å²) >= 11 is 0. The summed E-state index contributed by atoms with van der Waals surface area (Å²) in [5.41, 5.74) is 2.36. The first-order chi connectivity index (χ1) is 3.43. The van der Waals surface area contributed by atoms with Gasteiger partial charge in [-0.1, -0.05) is 0 Å². The molecule has 0 spiro atoms. The molecule has 2 radical (unpaired) electrons. The van der Waals surface area contributed by atoms with E-state index in [1.807, 2.05) is 0 Å². The molecular weight excluding hydrogens is 94.0 g/mol. The topological polar surface area (TPSA) is 30.5 Å². The van der Waals surface area contributed by atoms with Gasteiger partial charge in [-0.05, 0) is 0 Å². The van der Waals surface area contributed by atoms with Gasteiger partial charge in [0, 0.05) is 6.08 Å². The number of hydrogen-bond acceptors (Lipinski definition) is 3. The third-order valence-corrected chi connectivity index (χ3v) is 0.602. The molecule has 3 nitrogen and oxygen atoms in total. The van der Waals surface area contributed by atoms with Gasteiger partial charge in [-0.2, -0.15) is 0 Å². The van der Waals surface area contributed by atoms with E-state index < -0.39 is 0 Å². The van der Waals surface area contributed by atoms with Gasteiger partial charge in [-0.15, -0.1) is 5.48 Å². The lowest BCUT2D eigenvalue weighted by molar-refractivity contribution is 0.0331. The van der Waals surface area contributed by atoms with Crippen molar-refractivity contribution in [2.24, 2.45) is 0 Å². The molecule has 3 heteroatoms. The van der Waals surface area contributed by atoms with E-state index in [1.54, 1.807) is 6.08 Å². The van der Waals surface area contributed by atoms with Gasteiger partial charge in [-0.25, -0.2) is 0 Å². The molecule has 0 fully saturated rings. The quantitative estimate of drug-likeness (QED) is 0.503. The molecule has 0 aliphatic carbocycles. The summed E-state index contributed by atoms with van der Waals surface area (Å²) in [4.78, 5) is 4.58. The molecule has 0 aromatic carbocycles. The van der Waals surface area contributed by atoms with Gasteiger partial charge >= 0.3 is 0 Å². The lowest BCUT2D eigenvalue weighted by Crippen LogP contribution is -2.00. The predicted molar refractivity (Wildman–Crippen MR) is 22.6 cm³/mol. The summed E-state index contributed by atoms with van der Waals surface area (Å²) in [5, 5.41) is 0. The van der Waals surface area contributed by atoms with Crippen LogP contribution < -0.4 is 5.48 Å². The molecule has 0 saturated carbocycles. The molecule has 1 rings (SSSR count). The van der Waals surface area contributed by atoms with Crippen LogP contribution in [0, 0.1) is 6.54 Å². The number of methoxy groups -OCH3 is 1. The summed E-state index contributed by atoms with van der Waals surface area (Å²) in [6, 6.07) is 0. The second-order valence-corrected chi connectivity index (χ2v) is 1.02. The van der Waals surface area contributed by atoms with E-state index in [-0.39, 0.29) is 0 Å². The van der Waals surface area contributed by atoms with Crippen LogP contribution in [0.1, 0.15) is 0 Å². The Morgan fingerprint density at radius 2 is 2.86 bits per heavy atom. The van der Waals surface area contributed by atoms with Crippen LogP contribution in [0.4, 0.5) is 0 Å². The standard InChI is InChI=1S/C4H5NO2/c1-6-4-2-3-5-7-4/h2,5H,1H3. The third kappa shape index (κ3) is 0.838. The van der Waals surface area contributed by atoms with Crippen molar-refractivity contribution in [3.8, 4) is 0 Å². The van der Waals surface area contributed by atoms with Crippen molar-refractivity contribution in [2.75, 3.05) is 7.11 Å². The van der Waals surface area contributed by atoms with Gasteiger partial charge in [0.05, 0.1) is 7.11 Å². The zero-order chi connectivity index (χ0) is 5.11. The number of rotatable bonds is 1. The lowest BCUT2D eigenvalue weighted by Gasteiger charge is -1.96. The summed E-state index contributed by atoms with van der Waals surface area (Å²) < 4.78 is 4.62. The number of hydrogen-bond donors (Lipinski definition) is 1. The van der Waals surface area contributed by atoms with Gasteiger partial charge in [0.2, 0.25) is 0 Å². The molecule has 0 aromatic heterocycles. The fourth-order valence-corrected chi connectivity index (χ4v) is 0.298. The van der Waals surface area contributed by atoms with Crippen LogP contribution in [0.15, 0.2) is 12.0 Å². The molecular formula is C4H5NO2. The monoisotopic (exact) mass is 99.0 g/mol. The lowest BCUT2D eigenvalue weighted by atomic mass is 10.6. The Morgan fingerprint density at radius 3 is 3.14 bits per heavy atom. The zero-order valence-electron chi connectivity index (χ0n) is 3.89. The van der Waals surface area contributed by atoms with Crippen LogP contribution >= 0.6 is 0 Å². The van der Waals surface area contributed by atoms with Crippen LogP contribution in [-0.4, -0.2) is 7.11 Å². The van der Waals surface area contributed by atoms with Crippen molar-refractivity contribution in [1.29, 1.82) is 0 Å². The Hall–Kier alpha value is -0.700. The summed E-state index contributed by atoms with van der Waals surface area (Å²) in [6.45, 7) is 2.56. The molecule has 7 heavy (non-hydrogen) atoms. The smallest absolute Gasteiger partial charge is 0.297 e. The maximum atomic E-state index is 4.62. The second-order valence-electron chi connectivity index (χ2n) is 1.02. The van der Waals surface area contributed by atoms with Crippen molar-refractivity contribution in [3.05, 3.63) is 18.6 Å². The van der Waals surface area contributed by atoms with Gasteiger partial charge in [0.25, 0.3) is 5.95 Å². The van der Waals surface area contributed by atoms with Crippen LogP contribution in [-0.2, 0) is 9.57 Å². The average molecular weight is 99.1 g/mol. The van der Waals surface area contributed by atoms with E-state index in [1.165, 1.54) is 7.11 Å². The molecule has 0 amide bonds. The van der Waals surface area contributed by atoms with E-state index in [9.17, 15) is 0 Å². The molecule has 0 aromatic rings. The van der Waals surface area contributed by atoms with Crippen molar-refractivity contribution in [3.63, 3.8) is 0 Å². The van der Waals surface area contributed by atoms with Gasteiger partial charge in [0.15, 0.2) is 0 Å². The minimum Gasteiger partial charge on any atom is -0.468 e. The molecule has 38 valence electrons. The number of hydroxylamine groups is 1. The Morgan fingerprint density at radius 1 is 2.00 bits per heavy atom. The van der Waals surface area contributed by atoms with Crippen molar-refractivity contribution in [1.82, 2.24) is 5.48 Å². The minimum atomic E-state index is 0.444. The molecule has 0 bridgehead atoms. The average Bonchev–Trinajstić information content (AvgIpc) is 2.14. The Kier molecular flexibility index (Phi) is 1.17. The van der Waals surface area contributed by atoms with Crippen molar-refractivity contribution < 1.29 is 9.57 Å². The first kappa shape index (κ1) is 4.46. The van der Waals surface area contributed by atoms with Crippen LogP contribution in [0.25, 0.3) is 0 Å². The molecule has 1 heterocycles. The second kappa shape index (κ2) is 1.84. The van der Waals surface area contributed by atoms with E-state index in [4.69, 9.17) is 0 Å². The van der Waals surface area contributed by atoms with Crippen molar-refractivity contribution >= 4 is 0 Å². The fraction of sp³-hybridized carbons (Fsp3) is 0.250. The largest absolute Gasteiger partial charge is 0.468 e. The third-order valence-electron chi connectivity index (χ3n) is 0.602. The van der Waals surface area contributed by atoms with E-state index in [0.29, 0.717) is 5.95 Å². The fourth-order valence-electron chi connectivity index (χ4n) is 0.298. The highest BCUT2D eigenvalue weighted by Crippen LogP contribution is 2.01. The molecule has 0 saturated heterocycles.